The Balaban J connectivity index is 2.18. The van der Waals surface area contributed by atoms with Gasteiger partial charge in [0.1, 0.15) is 0 Å². The number of rotatable bonds is 1. The molecule has 0 aliphatic heterocycles. The Morgan fingerprint density at radius 2 is 1.83 bits per heavy atom. The van der Waals surface area contributed by atoms with Gasteiger partial charge in [-0.15, -0.1) is 0 Å². The van der Waals surface area contributed by atoms with Gasteiger partial charge in [0.2, 0.25) is 0 Å². The molecule has 0 heterocycles. The van der Waals surface area contributed by atoms with Crippen molar-refractivity contribution < 1.29 is 0 Å². The summed E-state index contributed by atoms with van der Waals surface area (Å²) in [6, 6.07) is 10.7. The number of benzene rings is 1. The second kappa shape index (κ2) is 3.14. The molecule has 2 atom stereocenters. The lowest BCUT2D eigenvalue weighted by Crippen LogP contribution is -1.93. The third-order valence-electron chi connectivity index (χ3n) is 2.53. The fraction of sp³-hybridized carbons (Fsp3) is 0.333. The van der Waals surface area contributed by atoms with Crippen LogP contribution in [0, 0.1) is 5.92 Å². The summed E-state index contributed by atoms with van der Waals surface area (Å²) in [5, 5.41) is 0. The monoisotopic (exact) mass is 158 g/mol. The summed E-state index contributed by atoms with van der Waals surface area (Å²) in [6.07, 6.45) is 5.93. The lowest BCUT2D eigenvalue weighted by atomic mass is 9.96. The summed E-state index contributed by atoms with van der Waals surface area (Å²) in [7, 11) is 0. The predicted octanol–water partition coefficient (Wildman–Crippen LogP) is 3.37. The summed E-state index contributed by atoms with van der Waals surface area (Å²) in [5.41, 5.74) is 1.46. The van der Waals surface area contributed by atoms with Crippen molar-refractivity contribution in [1.82, 2.24) is 0 Å². The van der Waals surface area contributed by atoms with Gasteiger partial charge in [-0.1, -0.05) is 49.4 Å². The highest BCUT2D eigenvalue weighted by atomic mass is 14.2. The van der Waals surface area contributed by atoms with E-state index in [4.69, 9.17) is 0 Å². The first-order chi connectivity index (χ1) is 5.86. The Hall–Kier alpha value is -1.04. The number of allylic oxidation sites excluding steroid dienone is 2. The van der Waals surface area contributed by atoms with Gasteiger partial charge in [-0.3, -0.25) is 0 Å². The normalized spacial score (nSPS) is 27.8. The molecule has 0 spiro atoms. The van der Waals surface area contributed by atoms with E-state index in [0.29, 0.717) is 5.92 Å². The van der Waals surface area contributed by atoms with Gasteiger partial charge in [-0.25, -0.2) is 0 Å². The predicted molar refractivity (Wildman–Crippen MR) is 52.1 cm³/mol. The molecule has 1 aliphatic rings. The van der Waals surface area contributed by atoms with Crippen LogP contribution in [0.2, 0.25) is 0 Å². The fourth-order valence-corrected chi connectivity index (χ4v) is 1.83. The van der Waals surface area contributed by atoms with Crippen molar-refractivity contribution in [1.29, 1.82) is 0 Å². The molecule has 0 nitrogen and oxygen atoms in total. The molecular weight excluding hydrogens is 144 g/mol. The molecule has 0 saturated carbocycles. The molecular formula is C12H14. The first kappa shape index (κ1) is 7.60. The Labute approximate surface area is 73.9 Å². The van der Waals surface area contributed by atoms with Gasteiger partial charge in [0, 0.05) is 5.92 Å². The van der Waals surface area contributed by atoms with Gasteiger partial charge in [-0.05, 0) is 17.9 Å². The Morgan fingerprint density at radius 3 is 2.42 bits per heavy atom. The van der Waals surface area contributed by atoms with E-state index in [-0.39, 0.29) is 0 Å². The maximum absolute atomic E-state index is 2.33. The molecule has 0 bridgehead atoms. The zero-order chi connectivity index (χ0) is 8.39. The van der Waals surface area contributed by atoms with E-state index in [0.717, 1.165) is 5.92 Å². The summed E-state index contributed by atoms with van der Waals surface area (Å²) in [4.78, 5) is 0. The van der Waals surface area contributed by atoms with Crippen LogP contribution < -0.4 is 0 Å². The van der Waals surface area contributed by atoms with Crippen molar-refractivity contribution in [3.05, 3.63) is 48.0 Å². The molecule has 0 amide bonds. The molecule has 2 rings (SSSR count). The fourth-order valence-electron chi connectivity index (χ4n) is 1.83. The third kappa shape index (κ3) is 1.42. The summed E-state index contributed by atoms with van der Waals surface area (Å²) < 4.78 is 0. The topological polar surface area (TPSA) is 0 Å². The molecule has 2 unspecified atom stereocenters. The zero-order valence-corrected chi connectivity index (χ0v) is 7.40. The highest BCUT2D eigenvalue weighted by molar-refractivity contribution is 5.26. The van der Waals surface area contributed by atoms with E-state index in [1.165, 1.54) is 12.0 Å². The molecule has 0 aromatic heterocycles. The van der Waals surface area contributed by atoms with E-state index in [9.17, 15) is 0 Å². The highest BCUT2D eigenvalue weighted by Gasteiger charge is 2.15. The van der Waals surface area contributed by atoms with Crippen LogP contribution in [-0.2, 0) is 0 Å². The first-order valence-electron chi connectivity index (χ1n) is 4.59. The molecule has 1 aromatic carbocycles. The van der Waals surface area contributed by atoms with E-state index < -0.39 is 0 Å². The molecule has 0 radical (unpaired) electrons. The first-order valence-corrected chi connectivity index (χ1v) is 4.59. The SMILES string of the molecule is CC1C=CC(c2ccccc2)C1. The van der Waals surface area contributed by atoms with E-state index in [1.807, 2.05) is 0 Å². The van der Waals surface area contributed by atoms with Crippen LogP contribution in [-0.4, -0.2) is 0 Å². The number of hydrogen-bond donors (Lipinski definition) is 0. The standard InChI is InChI=1S/C12H14/c1-10-7-8-12(9-10)11-5-3-2-4-6-11/h2-8,10,12H,9H2,1H3. The van der Waals surface area contributed by atoms with Crippen molar-refractivity contribution in [2.45, 2.75) is 19.3 Å². The maximum Gasteiger partial charge on any atom is 0.00235 e. The molecule has 1 aliphatic carbocycles. The average Bonchev–Trinajstić information content (AvgIpc) is 2.54. The van der Waals surface area contributed by atoms with E-state index in [1.54, 1.807) is 0 Å². The molecule has 0 N–H and O–H groups in total. The zero-order valence-electron chi connectivity index (χ0n) is 7.40. The van der Waals surface area contributed by atoms with Crippen LogP contribution in [0.1, 0.15) is 24.8 Å². The highest BCUT2D eigenvalue weighted by Crippen LogP contribution is 2.31. The van der Waals surface area contributed by atoms with Crippen molar-refractivity contribution in [3.63, 3.8) is 0 Å². The third-order valence-corrected chi connectivity index (χ3v) is 2.53. The number of hydrogen-bond acceptors (Lipinski definition) is 0. The second-order valence-corrected chi connectivity index (χ2v) is 3.62. The Morgan fingerprint density at radius 1 is 1.08 bits per heavy atom. The second-order valence-electron chi connectivity index (χ2n) is 3.62. The van der Waals surface area contributed by atoms with Crippen LogP contribution in [0.5, 0.6) is 0 Å². The average molecular weight is 158 g/mol. The molecule has 1 aromatic rings. The van der Waals surface area contributed by atoms with Gasteiger partial charge in [-0.2, -0.15) is 0 Å². The van der Waals surface area contributed by atoms with Gasteiger partial charge >= 0.3 is 0 Å². The van der Waals surface area contributed by atoms with E-state index >= 15 is 0 Å². The van der Waals surface area contributed by atoms with E-state index in [2.05, 4.69) is 49.4 Å². The smallest absolute Gasteiger partial charge is 0.00235 e. The summed E-state index contributed by atoms with van der Waals surface area (Å²) in [6.45, 7) is 2.28. The van der Waals surface area contributed by atoms with Crippen molar-refractivity contribution >= 4 is 0 Å². The summed E-state index contributed by atoms with van der Waals surface area (Å²) >= 11 is 0. The van der Waals surface area contributed by atoms with Crippen LogP contribution in [0.25, 0.3) is 0 Å². The lowest BCUT2D eigenvalue weighted by molar-refractivity contribution is 0.648. The van der Waals surface area contributed by atoms with Crippen molar-refractivity contribution in [2.24, 2.45) is 5.92 Å². The quantitative estimate of drug-likeness (QED) is 0.550. The lowest BCUT2D eigenvalue weighted by Gasteiger charge is -2.08. The van der Waals surface area contributed by atoms with Crippen LogP contribution in [0.15, 0.2) is 42.5 Å². The maximum atomic E-state index is 2.33. The molecule has 12 heavy (non-hydrogen) atoms. The van der Waals surface area contributed by atoms with Crippen molar-refractivity contribution in [3.8, 4) is 0 Å². The largest absolute Gasteiger partial charge is 0.0850 e. The van der Waals surface area contributed by atoms with Gasteiger partial charge in [0.25, 0.3) is 0 Å². The Kier molecular flexibility index (Phi) is 1.99. The van der Waals surface area contributed by atoms with Gasteiger partial charge in [0.05, 0.1) is 0 Å². The molecule has 62 valence electrons. The minimum atomic E-state index is 0.668. The van der Waals surface area contributed by atoms with Crippen molar-refractivity contribution in [2.75, 3.05) is 0 Å². The minimum Gasteiger partial charge on any atom is -0.0850 e. The van der Waals surface area contributed by atoms with Gasteiger partial charge < -0.3 is 0 Å². The molecule has 0 fully saturated rings. The van der Waals surface area contributed by atoms with Crippen LogP contribution in [0.4, 0.5) is 0 Å². The molecule has 0 heteroatoms. The Bertz CT molecular complexity index is 271. The van der Waals surface area contributed by atoms with Crippen LogP contribution >= 0.6 is 0 Å². The summed E-state index contributed by atoms with van der Waals surface area (Å²) in [5.74, 6) is 1.43. The van der Waals surface area contributed by atoms with Gasteiger partial charge in [0.15, 0.2) is 0 Å². The minimum absolute atomic E-state index is 0.668. The van der Waals surface area contributed by atoms with Crippen LogP contribution in [0.3, 0.4) is 0 Å². The molecule has 0 saturated heterocycles.